The fourth-order valence-electron chi connectivity index (χ4n) is 1.58. The minimum absolute atomic E-state index is 0.177. The van der Waals surface area contributed by atoms with Crippen LogP contribution in [0.15, 0.2) is 18.2 Å². The number of aromatic nitrogens is 1. The number of nitrogens with zero attached hydrogens (tertiary/aromatic N) is 1. The van der Waals surface area contributed by atoms with Gasteiger partial charge in [0.25, 0.3) is 0 Å². The van der Waals surface area contributed by atoms with E-state index in [0.29, 0.717) is 6.42 Å². The number of aliphatic carboxylic acids is 1. The van der Waals surface area contributed by atoms with Crippen LogP contribution in [0.2, 0.25) is 0 Å². The van der Waals surface area contributed by atoms with Gasteiger partial charge in [-0.1, -0.05) is 13.0 Å². The first-order chi connectivity index (χ1) is 7.69. The summed E-state index contributed by atoms with van der Waals surface area (Å²) in [6, 6.07) is 6.01. The second kappa shape index (κ2) is 4.61. The van der Waals surface area contributed by atoms with E-state index in [1.165, 1.54) is 4.70 Å². The standard InChI is InChI=1S/C12H13NO2S/c1-2-11-13-9-7-8(4-6-12(14)15)3-5-10(9)16-11/h3,5,7H,2,4,6H2,1H3,(H,14,15). The number of aryl methyl sites for hydroxylation is 2. The summed E-state index contributed by atoms with van der Waals surface area (Å²) in [6.45, 7) is 2.09. The Kier molecular flexibility index (Phi) is 3.19. The number of hydrogen-bond acceptors (Lipinski definition) is 3. The Hall–Kier alpha value is -1.42. The molecule has 0 saturated carbocycles. The summed E-state index contributed by atoms with van der Waals surface area (Å²) < 4.78 is 1.18. The maximum atomic E-state index is 10.5. The van der Waals surface area contributed by atoms with Crippen LogP contribution < -0.4 is 0 Å². The van der Waals surface area contributed by atoms with Crippen molar-refractivity contribution in [3.8, 4) is 0 Å². The number of hydrogen-bond donors (Lipinski definition) is 1. The quantitative estimate of drug-likeness (QED) is 0.886. The van der Waals surface area contributed by atoms with Gasteiger partial charge in [-0.15, -0.1) is 11.3 Å². The third-order valence-corrected chi connectivity index (χ3v) is 3.61. The molecule has 0 atom stereocenters. The molecule has 3 nitrogen and oxygen atoms in total. The molecular formula is C12H13NO2S. The average molecular weight is 235 g/mol. The Morgan fingerprint density at radius 3 is 3.00 bits per heavy atom. The fourth-order valence-corrected chi connectivity index (χ4v) is 2.47. The highest BCUT2D eigenvalue weighted by Gasteiger charge is 2.04. The molecule has 16 heavy (non-hydrogen) atoms. The summed E-state index contributed by atoms with van der Waals surface area (Å²) in [6.07, 6.45) is 1.70. The van der Waals surface area contributed by atoms with Crippen LogP contribution in [-0.2, 0) is 17.6 Å². The number of fused-ring (bicyclic) bond motifs is 1. The van der Waals surface area contributed by atoms with Gasteiger partial charge in [0.15, 0.2) is 0 Å². The van der Waals surface area contributed by atoms with E-state index in [0.717, 1.165) is 22.5 Å². The maximum Gasteiger partial charge on any atom is 0.303 e. The van der Waals surface area contributed by atoms with E-state index in [1.807, 2.05) is 18.2 Å². The Labute approximate surface area is 97.8 Å². The van der Waals surface area contributed by atoms with Gasteiger partial charge in [0, 0.05) is 6.42 Å². The van der Waals surface area contributed by atoms with Gasteiger partial charge < -0.3 is 5.11 Å². The zero-order valence-electron chi connectivity index (χ0n) is 9.06. The molecule has 0 fully saturated rings. The van der Waals surface area contributed by atoms with Gasteiger partial charge in [-0.25, -0.2) is 4.98 Å². The Morgan fingerprint density at radius 2 is 2.31 bits per heavy atom. The third kappa shape index (κ3) is 2.39. The second-order valence-corrected chi connectivity index (χ2v) is 4.77. The first-order valence-corrected chi connectivity index (χ1v) is 6.11. The van der Waals surface area contributed by atoms with E-state index < -0.39 is 5.97 Å². The molecule has 1 N–H and O–H groups in total. The van der Waals surface area contributed by atoms with Crippen LogP contribution in [0.4, 0.5) is 0 Å². The lowest BCUT2D eigenvalue weighted by molar-refractivity contribution is -0.136. The summed E-state index contributed by atoms with van der Waals surface area (Å²) in [5.74, 6) is -0.757. The highest BCUT2D eigenvalue weighted by molar-refractivity contribution is 7.18. The van der Waals surface area contributed by atoms with E-state index in [1.54, 1.807) is 11.3 Å². The zero-order chi connectivity index (χ0) is 11.5. The molecule has 1 aromatic heterocycles. The van der Waals surface area contributed by atoms with Gasteiger partial charge in [-0.3, -0.25) is 4.79 Å². The minimum Gasteiger partial charge on any atom is -0.481 e. The summed E-state index contributed by atoms with van der Waals surface area (Å²) in [5, 5.41) is 9.75. The molecule has 0 spiro atoms. The summed E-state index contributed by atoms with van der Waals surface area (Å²) in [4.78, 5) is 15.0. The Balaban J connectivity index is 2.25. The van der Waals surface area contributed by atoms with Gasteiger partial charge in [-0.2, -0.15) is 0 Å². The molecule has 2 aromatic rings. The molecule has 0 bridgehead atoms. The third-order valence-electron chi connectivity index (χ3n) is 2.43. The van der Waals surface area contributed by atoms with Crippen LogP contribution in [0.1, 0.15) is 23.9 Å². The van der Waals surface area contributed by atoms with Crippen molar-refractivity contribution >= 4 is 27.5 Å². The smallest absolute Gasteiger partial charge is 0.303 e. The van der Waals surface area contributed by atoms with Crippen LogP contribution in [0, 0.1) is 0 Å². The topological polar surface area (TPSA) is 50.2 Å². The Morgan fingerprint density at radius 1 is 1.50 bits per heavy atom. The number of carboxylic acids is 1. The first-order valence-electron chi connectivity index (χ1n) is 5.29. The highest BCUT2D eigenvalue weighted by Crippen LogP contribution is 2.23. The fraction of sp³-hybridized carbons (Fsp3) is 0.333. The van der Waals surface area contributed by atoms with Gasteiger partial charge >= 0.3 is 5.97 Å². The molecule has 4 heteroatoms. The molecule has 1 heterocycles. The van der Waals surface area contributed by atoms with E-state index in [2.05, 4.69) is 11.9 Å². The maximum absolute atomic E-state index is 10.5. The molecule has 0 aliphatic heterocycles. The van der Waals surface area contributed by atoms with Crippen molar-refractivity contribution in [3.63, 3.8) is 0 Å². The van der Waals surface area contributed by atoms with Crippen LogP contribution in [0.3, 0.4) is 0 Å². The summed E-state index contributed by atoms with van der Waals surface area (Å²) in [7, 11) is 0. The molecule has 2 rings (SSSR count). The van der Waals surface area contributed by atoms with Crippen LogP contribution in [-0.4, -0.2) is 16.1 Å². The van der Waals surface area contributed by atoms with Crippen molar-refractivity contribution in [3.05, 3.63) is 28.8 Å². The number of carboxylic acid groups (broad SMARTS) is 1. The molecule has 1 aromatic carbocycles. The largest absolute Gasteiger partial charge is 0.481 e. The van der Waals surface area contributed by atoms with Crippen molar-refractivity contribution < 1.29 is 9.90 Å². The average Bonchev–Trinajstić information content (AvgIpc) is 2.68. The zero-order valence-corrected chi connectivity index (χ0v) is 9.88. The highest BCUT2D eigenvalue weighted by atomic mass is 32.1. The lowest BCUT2D eigenvalue weighted by Gasteiger charge is -1.97. The van der Waals surface area contributed by atoms with E-state index >= 15 is 0 Å². The number of rotatable bonds is 4. The molecule has 0 unspecified atom stereocenters. The number of benzene rings is 1. The molecule has 0 radical (unpaired) electrons. The van der Waals surface area contributed by atoms with E-state index in [-0.39, 0.29) is 6.42 Å². The normalized spacial score (nSPS) is 10.8. The van der Waals surface area contributed by atoms with Gasteiger partial charge in [0.1, 0.15) is 0 Å². The summed E-state index contributed by atoms with van der Waals surface area (Å²) in [5.41, 5.74) is 2.03. The van der Waals surface area contributed by atoms with Gasteiger partial charge in [0.2, 0.25) is 0 Å². The second-order valence-electron chi connectivity index (χ2n) is 3.66. The van der Waals surface area contributed by atoms with Crippen LogP contribution >= 0.6 is 11.3 Å². The van der Waals surface area contributed by atoms with Crippen molar-refractivity contribution in [1.82, 2.24) is 4.98 Å². The summed E-state index contributed by atoms with van der Waals surface area (Å²) >= 11 is 1.70. The number of thiazole rings is 1. The lowest BCUT2D eigenvalue weighted by Crippen LogP contribution is -1.97. The SMILES string of the molecule is CCc1nc2cc(CCC(=O)O)ccc2s1. The monoisotopic (exact) mass is 235 g/mol. The minimum atomic E-state index is -0.757. The van der Waals surface area contributed by atoms with Crippen LogP contribution in [0.25, 0.3) is 10.2 Å². The van der Waals surface area contributed by atoms with Crippen molar-refractivity contribution in [2.24, 2.45) is 0 Å². The van der Waals surface area contributed by atoms with Crippen molar-refractivity contribution in [1.29, 1.82) is 0 Å². The molecule has 0 aliphatic rings. The van der Waals surface area contributed by atoms with Crippen molar-refractivity contribution in [2.45, 2.75) is 26.2 Å². The van der Waals surface area contributed by atoms with E-state index in [9.17, 15) is 4.79 Å². The molecule has 0 saturated heterocycles. The van der Waals surface area contributed by atoms with Gasteiger partial charge in [0.05, 0.1) is 15.2 Å². The molecule has 0 aliphatic carbocycles. The molecular weight excluding hydrogens is 222 g/mol. The predicted octanol–water partition coefficient (Wildman–Crippen LogP) is 2.88. The van der Waals surface area contributed by atoms with Crippen LogP contribution in [0.5, 0.6) is 0 Å². The number of carbonyl (C=O) groups is 1. The van der Waals surface area contributed by atoms with Gasteiger partial charge in [-0.05, 0) is 30.5 Å². The molecule has 0 amide bonds. The van der Waals surface area contributed by atoms with Crippen molar-refractivity contribution in [2.75, 3.05) is 0 Å². The lowest BCUT2D eigenvalue weighted by atomic mass is 10.1. The molecule has 84 valence electrons. The predicted molar refractivity (Wildman–Crippen MR) is 65.0 cm³/mol. The van der Waals surface area contributed by atoms with E-state index in [4.69, 9.17) is 5.11 Å². The first kappa shape index (κ1) is 11.1. The Bertz CT molecular complexity index is 519.